The quantitative estimate of drug-likeness (QED) is 0.633. The van der Waals surface area contributed by atoms with Gasteiger partial charge in [0.05, 0.1) is 7.11 Å². The van der Waals surface area contributed by atoms with Crippen LogP contribution in [-0.2, 0) is 11.2 Å². The third kappa shape index (κ3) is 3.74. The van der Waals surface area contributed by atoms with E-state index in [1.54, 1.807) is 19.5 Å². The minimum absolute atomic E-state index is 0.253. The third-order valence-corrected chi connectivity index (χ3v) is 4.93. The van der Waals surface area contributed by atoms with Gasteiger partial charge in [-0.05, 0) is 37.1 Å². The molecule has 0 radical (unpaired) electrons. The monoisotopic (exact) mass is 377 g/mol. The van der Waals surface area contributed by atoms with Crippen LogP contribution in [0.3, 0.4) is 0 Å². The number of aromatic nitrogens is 4. The summed E-state index contributed by atoms with van der Waals surface area (Å²) in [7, 11) is 1.65. The number of carbonyl (C=O) groups is 1. The second kappa shape index (κ2) is 8.21. The number of aryl methyl sites for hydroxylation is 1. The topological polar surface area (TPSA) is 73.1 Å². The number of benzene rings is 1. The van der Waals surface area contributed by atoms with E-state index in [1.807, 2.05) is 46.0 Å². The van der Waals surface area contributed by atoms with Gasteiger partial charge in [0.1, 0.15) is 17.3 Å². The van der Waals surface area contributed by atoms with Crippen LogP contribution < -0.4 is 4.74 Å². The molecule has 1 amide bonds. The maximum absolute atomic E-state index is 11.8. The van der Waals surface area contributed by atoms with Crippen molar-refractivity contribution in [1.29, 1.82) is 0 Å². The predicted molar refractivity (Wildman–Crippen MR) is 105 cm³/mol. The summed E-state index contributed by atoms with van der Waals surface area (Å²) in [6, 6.07) is 11.6. The average Bonchev–Trinajstić information content (AvgIpc) is 3.35. The molecule has 0 aliphatic carbocycles. The van der Waals surface area contributed by atoms with Crippen molar-refractivity contribution in [2.45, 2.75) is 25.7 Å². The molecule has 0 bridgehead atoms. The molecule has 4 rings (SSSR count). The van der Waals surface area contributed by atoms with Gasteiger partial charge in [-0.2, -0.15) is 0 Å². The number of rotatable bonds is 7. The number of ether oxygens (including phenoxy) is 1. The Morgan fingerprint density at radius 3 is 2.71 bits per heavy atom. The first-order valence-corrected chi connectivity index (χ1v) is 9.54. The highest BCUT2D eigenvalue weighted by atomic mass is 16.5. The number of carbonyl (C=O) groups excluding carboxylic acids is 1. The van der Waals surface area contributed by atoms with Crippen LogP contribution in [0.15, 0.2) is 48.8 Å². The van der Waals surface area contributed by atoms with Crippen molar-refractivity contribution in [3.05, 3.63) is 54.6 Å². The van der Waals surface area contributed by atoms with E-state index >= 15 is 0 Å². The molecule has 7 heteroatoms. The minimum atomic E-state index is 0.253. The normalized spacial score (nSPS) is 13.9. The number of hydrogen-bond donors (Lipinski definition) is 0. The van der Waals surface area contributed by atoms with E-state index in [-0.39, 0.29) is 5.91 Å². The molecule has 2 aromatic heterocycles. The molecule has 0 N–H and O–H groups in total. The molecule has 1 fully saturated rings. The number of methoxy groups -OCH3 is 1. The number of hydrogen-bond acceptors (Lipinski definition) is 5. The molecular formula is C21H23N5O2. The summed E-state index contributed by atoms with van der Waals surface area (Å²) in [5.74, 6) is 2.50. The van der Waals surface area contributed by atoms with Gasteiger partial charge in [-0.15, -0.1) is 5.10 Å². The van der Waals surface area contributed by atoms with Crippen LogP contribution >= 0.6 is 0 Å². The van der Waals surface area contributed by atoms with Gasteiger partial charge in [0.15, 0.2) is 5.82 Å². The van der Waals surface area contributed by atoms with Gasteiger partial charge in [0, 0.05) is 43.9 Å². The van der Waals surface area contributed by atoms with Gasteiger partial charge in [0.2, 0.25) is 5.91 Å². The molecule has 0 unspecified atom stereocenters. The van der Waals surface area contributed by atoms with Crippen molar-refractivity contribution in [2.75, 3.05) is 20.2 Å². The van der Waals surface area contributed by atoms with E-state index < -0.39 is 0 Å². The lowest BCUT2D eigenvalue weighted by Crippen LogP contribution is -2.26. The van der Waals surface area contributed by atoms with Crippen molar-refractivity contribution in [1.82, 2.24) is 24.6 Å². The molecule has 144 valence electrons. The number of nitrogens with zero attached hydrogens (tertiary/aromatic N) is 5. The maximum atomic E-state index is 11.8. The SMILES string of the molecule is COc1ccccc1-n1nc(-c2ccncc2)nc1CCCN1CCCC1=O. The maximum Gasteiger partial charge on any atom is 0.222 e. The molecular weight excluding hydrogens is 354 g/mol. The molecule has 7 nitrogen and oxygen atoms in total. The molecule has 0 saturated carbocycles. The van der Waals surface area contributed by atoms with Crippen LogP contribution in [0.25, 0.3) is 17.1 Å². The molecule has 1 saturated heterocycles. The molecule has 3 heterocycles. The lowest BCUT2D eigenvalue weighted by molar-refractivity contribution is -0.127. The van der Waals surface area contributed by atoms with E-state index in [1.165, 1.54) is 0 Å². The lowest BCUT2D eigenvalue weighted by Gasteiger charge is -2.15. The number of amides is 1. The fraction of sp³-hybridized carbons (Fsp3) is 0.333. The van der Waals surface area contributed by atoms with Crippen LogP contribution in [0.5, 0.6) is 5.75 Å². The van der Waals surface area contributed by atoms with Crippen LogP contribution in [0, 0.1) is 0 Å². The Balaban J connectivity index is 1.63. The largest absolute Gasteiger partial charge is 0.494 e. The first-order valence-electron chi connectivity index (χ1n) is 9.54. The van der Waals surface area contributed by atoms with Gasteiger partial charge in [-0.1, -0.05) is 12.1 Å². The number of pyridine rings is 1. The Labute approximate surface area is 164 Å². The Morgan fingerprint density at radius 1 is 1.14 bits per heavy atom. The van der Waals surface area contributed by atoms with E-state index in [9.17, 15) is 4.79 Å². The first kappa shape index (κ1) is 18.2. The van der Waals surface area contributed by atoms with Gasteiger partial charge in [-0.3, -0.25) is 9.78 Å². The van der Waals surface area contributed by atoms with Crippen molar-refractivity contribution < 1.29 is 9.53 Å². The van der Waals surface area contributed by atoms with E-state index in [2.05, 4.69) is 4.98 Å². The third-order valence-electron chi connectivity index (χ3n) is 4.93. The van der Waals surface area contributed by atoms with Gasteiger partial charge in [0.25, 0.3) is 0 Å². The zero-order valence-corrected chi connectivity index (χ0v) is 15.9. The average molecular weight is 377 g/mol. The van der Waals surface area contributed by atoms with E-state index in [4.69, 9.17) is 14.8 Å². The summed E-state index contributed by atoms with van der Waals surface area (Å²) in [6.07, 6.45) is 6.66. The highest BCUT2D eigenvalue weighted by Crippen LogP contribution is 2.25. The summed E-state index contributed by atoms with van der Waals surface area (Å²) in [5, 5.41) is 4.74. The van der Waals surface area contributed by atoms with Gasteiger partial charge >= 0.3 is 0 Å². The highest BCUT2D eigenvalue weighted by Gasteiger charge is 2.20. The second-order valence-electron chi connectivity index (χ2n) is 6.76. The highest BCUT2D eigenvalue weighted by molar-refractivity contribution is 5.78. The zero-order valence-electron chi connectivity index (χ0n) is 15.9. The number of para-hydroxylation sites is 2. The molecule has 1 aromatic carbocycles. The van der Waals surface area contributed by atoms with Crippen molar-refractivity contribution in [3.8, 4) is 22.8 Å². The molecule has 0 atom stereocenters. The van der Waals surface area contributed by atoms with Crippen LogP contribution in [0.2, 0.25) is 0 Å². The minimum Gasteiger partial charge on any atom is -0.494 e. The molecule has 3 aromatic rings. The first-order chi connectivity index (χ1) is 13.8. The van der Waals surface area contributed by atoms with E-state index in [0.29, 0.717) is 12.2 Å². The Hall–Kier alpha value is -3.22. The van der Waals surface area contributed by atoms with Crippen molar-refractivity contribution in [2.24, 2.45) is 0 Å². The summed E-state index contributed by atoms with van der Waals surface area (Å²) in [6.45, 7) is 1.61. The Bertz CT molecular complexity index is 954. The molecule has 1 aliphatic heterocycles. The van der Waals surface area contributed by atoms with E-state index in [0.717, 1.165) is 55.2 Å². The summed E-state index contributed by atoms with van der Waals surface area (Å²) < 4.78 is 7.37. The van der Waals surface area contributed by atoms with Crippen molar-refractivity contribution in [3.63, 3.8) is 0 Å². The standard InChI is InChI=1S/C21H23N5O2/c1-28-18-7-3-2-6-17(18)26-19(8-4-14-25-15-5-9-20(25)27)23-21(24-26)16-10-12-22-13-11-16/h2-3,6-7,10-13H,4-5,8-9,14-15H2,1H3. The van der Waals surface area contributed by atoms with Crippen LogP contribution in [0.4, 0.5) is 0 Å². The molecule has 28 heavy (non-hydrogen) atoms. The molecule has 1 aliphatic rings. The fourth-order valence-electron chi connectivity index (χ4n) is 3.50. The van der Waals surface area contributed by atoms with Crippen LogP contribution in [-0.4, -0.2) is 50.8 Å². The van der Waals surface area contributed by atoms with Gasteiger partial charge < -0.3 is 9.64 Å². The smallest absolute Gasteiger partial charge is 0.222 e. The number of likely N-dealkylation sites (tertiary alicyclic amines) is 1. The lowest BCUT2D eigenvalue weighted by atomic mass is 10.2. The Morgan fingerprint density at radius 2 is 1.96 bits per heavy atom. The van der Waals surface area contributed by atoms with Gasteiger partial charge in [-0.25, -0.2) is 9.67 Å². The summed E-state index contributed by atoms with van der Waals surface area (Å²) in [4.78, 5) is 22.6. The van der Waals surface area contributed by atoms with Crippen LogP contribution in [0.1, 0.15) is 25.1 Å². The predicted octanol–water partition coefficient (Wildman–Crippen LogP) is 2.89. The second-order valence-corrected chi connectivity index (χ2v) is 6.76. The summed E-state index contributed by atoms with van der Waals surface area (Å²) >= 11 is 0. The summed E-state index contributed by atoms with van der Waals surface area (Å²) in [5.41, 5.74) is 1.77. The zero-order chi connectivity index (χ0) is 19.3. The van der Waals surface area contributed by atoms with Crippen molar-refractivity contribution >= 4 is 5.91 Å². The fourth-order valence-corrected chi connectivity index (χ4v) is 3.50. The Kier molecular flexibility index (Phi) is 5.32. The molecule has 0 spiro atoms.